The summed E-state index contributed by atoms with van der Waals surface area (Å²) in [5.74, 6) is -0.479. The van der Waals surface area contributed by atoms with E-state index in [9.17, 15) is 9.59 Å². The summed E-state index contributed by atoms with van der Waals surface area (Å²) in [5.41, 5.74) is 1.72. The number of ether oxygens (including phenoxy) is 1. The Labute approximate surface area is 198 Å². The van der Waals surface area contributed by atoms with Crippen LogP contribution in [0.25, 0.3) is 22.3 Å². The number of carbonyl (C=O) groups excluding carboxylic acids is 1. The molecule has 0 bridgehead atoms. The van der Waals surface area contributed by atoms with Crippen LogP contribution in [0.2, 0.25) is 15.1 Å². The summed E-state index contributed by atoms with van der Waals surface area (Å²) in [6, 6.07) is 16.7. The minimum absolute atomic E-state index is 0.126. The molecule has 0 aliphatic carbocycles. The van der Waals surface area contributed by atoms with Gasteiger partial charge in [-0.3, -0.25) is 9.59 Å². The zero-order chi connectivity index (χ0) is 22.8. The smallest absolute Gasteiger partial charge is 0.262 e. The molecule has 0 saturated heterocycles. The van der Waals surface area contributed by atoms with Crippen LogP contribution in [0.3, 0.4) is 0 Å². The fraction of sp³-hybridized carbons (Fsp3) is 0.0833. The van der Waals surface area contributed by atoms with Crippen LogP contribution >= 0.6 is 34.8 Å². The Bertz CT molecular complexity index is 1400. The number of carbonyl (C=O) groups is 1. The van der Waals surface area contributed by atoms with Crippen molar-refractivity contribution in [2.75, 3.05) is 11.9 Å². The SMILES string of the molecule is Cc1ccc(NC(=O)COc2c(-c3ccccc3Cl)oc3ccc(Cl)cc3c2=O)cc1Cl. The molecule has 0 saturated carbocycles. The third-order valence-electron chi connectivity index (χ3n) is 4.73. The summed E-state index contributed by atoms with van der Waals surface area (Å²) in [6.45, 7) is 1.43. The predicted octanol–water partition coefficient (Wildman–Crippen LogP) is 6.75. The van der Waals surface area contributed by atoms with Gasteiger partial charge in [0.25, 0.3) is 5.91 Å². The van der Waals surface area contributed by atoms with E-state index in [0.29, 0.717) is 31.9 Å². The molecule has 4 aromatic rings. The highest BCUT2D eigenvalue weighted by atomic mass is 35.5. The van der Waals surface area contributed by atoms with E-state index in [1.807, 2.05) is 6.92 Å². The summed E-state index contributed by atoms with van der Waals surface area (Å²) >= 11 is 18.5. The third kappa shape index (κ3) is 4.60. The molecule has 1 N–H and O–H groups in total. The van der Waals surface area contributed by atoms with Gasteiger partial charge in [0.1, 0.15) is 5.58 Å². The minimum Gasteiger partial charge on any atom is -0.476 e. The molecule has 162 valence electrons. The Morgan fingerprint density at radius 3 is 2.53 bits per heavy atom. The van der Waals surface area contributed by atoms with Gasteiger partial charge in [0.05, 0.1) is 10.4 Å². The Morgan fingerprint density at radius 1 is 1.00 bits per heavy atom. The van der Waals surface area contributed by atoms with Crippen LogP contribution in [0, 0.1) is 6.92 Å². The van der Waals surface area contributed by atoms with Crippen LogP contribution in [0.1, 0.15) is 5.56 Å². The fourth-order valence-corrected chi connectivity index (χ4v) is 3.68. The fourth-order valence-electron chi connectivity index (χ4n) is 3.11. The molecule has 0 atom stereocenters. The first-order valence-electron chi connectivity index (χ1n) is 9.53. The maximum Gasteiger partial charge on any atom is 0.262 e. The monoisotopic (exact) mass is 487 g/mol. The van der Waals surface area contributed by atoms with E-state index in [1.165, 1.54) is 6.07 Å². The molecule has 0 spiro atoms. The van der Waals surface area contributed by atoms with Gasteiger partial charge in [-0.2, -0.15) is 0 Å². The number of rotatable bonds is 5. The van der Waals surface area contributed by atoms with E-state index in [2.05, 4.69) is 5.32 Å². The zero-order valence-corrected chi connectivity index (χ0v) is 19.0. The van der Waals surface area contributed by atoms with Gasteiger partial charge in [0.2, 0.25) is 11.2 Å². The van der Waals surface area contributed by atoms with E-state index in [-0.39, 0.29) is 16.9 Å². The van der Waals surface area contributed by atoms with Crippen LogP contribution in [0.15, 0.2) is 69.9 Å². The van der Waals surface area contributed by atoms with Crippen molar-refractivity contribution in [3.05, 3.63) is 91.5 Å². The van der Waals surface area contributed by atoms with E-state index in [0.717, 1.165) is 5.56 Å². The molecular formula is C24H16Cl3NO4. The molecule has 0 unspecified atom stereocenters. The topological polar surface area (TPSA) is 68.5 Å². The highest BCUT2D eigenvalue weighted by Gasteiger charge is 2.21. The Kier molecular flexibility index (Phi) is 6.42. The van der Waals surface area contributed by atoms with Crippen molar-refractivity contribution in [2.24, 2.45) is 0 Å². The largest absolute Gasteiger partial charge is 0.476 e. The zero-order valence-electron chi connectivity index (χ0n) is 16.7. The van der Waals surface area contributed by atoms with Crippen LogP contribution in [-0.2, 0) is 4.79 Å². The van der Waals surface area contributed by atoms with Crippen molar-refractivity contribution < 1.29 is 13.9 Å². The Hall–Kier alpha value is -2.99. The highest BCUT2D eigenvalue weighted by Crippen LogP contribution is 2.35. The summed E-state index contributed by atoms with van der Waals surface area (Å²) in [7, 11) is 0. The molecule has 1 aromatic heterocycles. The molecule has 32 heavy (non-hydrogen) atoms. The Morgan fingerprint density at radius 2 is 1.78 bits per heavy atom. The molecule has 0 aliphatic rings. The van der Waals surface area contributed by atoms with E-state index in [1.54, 1.807) is 54.6 Å². The van der Waals surface area contributed by atoms with Gasteiger partial charge in [0.15, 0.2) is 12.4 Å². The van der Waals surface area contributed by atoms with E-state index < -0.39 is 17.9 Å². The van der Waals surface area contributed by atoms with E-state index in [4.69, 9.17) is 44.0 Å². The molecule has 0 radical (unpaired) electrons. The quantitative estimate of drug-likeness (QED) is 0.337. The first kappa shape index (κ1) is 22.2. The summed E-state index contributed by atoms with van der Waals surface area (Å²) in [4.78, 5) is 25.7. The summed E-state index contributed by atoms with van der Waals surface area (Å²) in [5, 5.41) is 4.18. The summed E-state index contributed by atoms with van der Waals surface area (Å²) in [6.07, 6.45) is 0. The lowest BCUT2D eigenvalue weighted by molar-refractivity contribution is -0.118. The second-order valence-corrected chi connectivity index (χ2v) is 8.26. The number of benzene rings is 3. The van der Waals surface area contributed by atoms with Crippen molar-refractivity contribution in [3.63, 3.8) is 0 Å². The van der Waals surface area contributed by atoms with Gasteiger partial charge in [-0.05, 0) is 55.0 Å². The molecule has 1 heterocycles. The number of anilines is 1. The third-order valence-corrected chi connectivity index (χ3v) is 5.70. The predicted molar refractivity (Wildman–Crippen MR) is 128 cm³/mol. The van der Waals surface area contributed by atoms with Gasteiger partial charge in [-0.1, -0.05) is 53.0 Å². The number of fused-ring (bicyclic) bond motifs is 1. The second kappa shape index (κ2) is 9.25. The van der Waals surface area contributed by atoms with Crippen LogP contribution in [-0.4, -0.2) is 12.5 Å². The Balaban J connectivity index is 1.70. The standard InChI is InChI=1S/C24H16Cl3NO4/c1-13-6-8-15(11-19(13)27)28-21(29)12-31-24-22(30)17-10-14(25)7-9-20(17)32-23(24)16-4-2-3-5-18(16)26/h2-11H,12H2,1H3,(H,28,29). The number of halogens is 3. The van der Waals surface area contributed by atoms with Crippen molar-refractivity contribution in [1.29, 1.82) is 0 Å². The van der Waals surface area contributed by atoms with Crippen LogP contribution in [0.5, 0.6) is 5.75 Å². The first-order valence-corrected chi connectivity index (χ1v) is 10.7. The maximum atomic E-state index is 13.2. The van der Waals surface area contributed by atoms with Crippen molar-refractivity contribution in [3.8, 4) is 17.1 Å². The lowest BCUT2D eigenvalue weighted by atomic mass is 10.1. The van der Waals surface area contributed by atoms with Crippen molar-refractivity contribution >= 4 is 57.4 Å². The number of hydrogen-bond acceptors (Lipinski definition) is 4. The van der Waals surface area contributed by atoms with Gasteiger partial charge in [-0.15, -0.1) is 0 Å². The average Bonchev–Trinajstić information content (AvgIpc) is 2.76. The molecule has 4 rings (SSSR count). The average molecular weight is 489 g/mol. The lowest BCUT2D eigenvalue weighted by Crippen LogP contribution is -2.22. The van der Waals surface area contributed by atoms with Gasteiger partial charge < -0.3 is 14.5 Å². The molecule has 1 amide bonds. The molecule has 8 heteroatoms. The van der Waals surface area contributed by atoms with Crippen LogP contribution in [0.4, 0.5) is 5.69 Å². The molecule has 0 fully saturated rings. The number of amides is 1. The van der Waals surface area contributed by atoms with Gasteiger partial charge in [-0.25, -0.2) is 0 Å². The minimum atomic E-state index is -0.472. The second-order valence-electron chi connectivity index (χ2n) is 7.01. The number of aryl methyl sites for hydroxylation is 1. The van der Waals surface area contributed by atoms with Gasteiger partial charge >= 0.3 is 0 Å². The lowest BCUT2D eigenvalue weighted by Gasteiger charge is -2.13. The van der Waals surface area contributed by atoms with Crippen molar-refractivity contribution in [1.82, 2.24) is 0 Å². The summed E-state index contributed by atoms with van der Waals surface area (Å²) < 4.78 is 11.6. The normalized spacial score (nSPS) is 10.9. The van der Waals surface area contributed by atoms with Crippen LogP contribution < -0.4 is 15.5 Å². The first-order chi connectivity index (χ1) is 15.3. The molecule has 0 aliphatic heterocycles. The highest BCUT2D eigenvalue weighted by molar-refractivity contribution is 6.33. The molecule has 5 nitrogen and oxygen atoms in total. The molecule has 3 aromatic carbocycles. The number of nitrogens with one attached hydrogen (secondary N) is 1. The number of hydrogen-bond donors (Lipinski definition) is 1. The maximum absolute atomic E-state index is 13.2. The van der Waals surface area contributed by atoms with E-state index >= 15 is 0 Å². The molecular weight excluding hydrogens is 473 g/mol. The van der Waals surface area contributed by atoms with Crippen molar-refractivity contribution in [2.45, 2.75) is 6.92 Å². The van der Waals surface area contributed by atoms with Gasteiger partial charge in [0, 0.05) is 21.3 Å².